The summed E-state index contributed by atoms with van der Waals surface area (Å²) in [6.45, 7) is 2.20. The lowest BCUT2D eigenvalue weighted by molar-refractivity contribution is 0.0423. The van der Waals surface area contributed by atoms with Gasteiger partial charge < -0.3 is 5.11 Å². The quantitative estimate of drug-likeness (QED) is 0.884. The molecule has 1 saturated carbocycles. The van der Waals surface area contributed by atoms with Gasteiger partial charge >= 0.3 is 0 Å². The van der Waals surface area contributed by atoms with Crippen LogP contribution in [0.1, 0.15) is 50.8 Å². The molecule has 1 N–H and O–H groups in total. The van der Waals surface area contributed by atoms with Crippen molar-refractivity contribution in [1.82, 2.24) is 4.98 Å². The molecule has 1 aliphatic rings. The topological polar surface area (TPSA) is 33.1 Å². The Labute approximate surface area is 108 Å². The van der Waals surface area contributed by atoms with E-state index in [0.717, 1.165) is 12.8 Å². The smallest absolute Gasteiger partial charge is 0.101 e. The minimum Gasteiger partial charge on any atom is -0.386 e. The van der Waals surface area contributed by atoms with Crippen LogP contribution in [0.5, 0.6) is 0 Å². The van der Waals surface area contributed by atoms with Crippen molar-refractivity contribution in [3.8, 4) is 0 Å². The van der Waals surface area contributed by atoms with E-state index in [0.29, 0.717) is 22.6 Å². The van der Waals surface area contributed by atoms with Crippen molar-refractivity contribution in [1.29, 1.82) is 0 Å². The number of aromatic nitrogens is 1. The summed E-state index contributed by atoms with van der Waals surface area (Å²) < 4.78 is 0. The summed E-state index contributed by atoms with van der Waals surface area (Å²) >= 11 is 6.11. The van der Waals surface area contributed by atoms with Gasteiger partial charge in [-0.2, -0.15) is 0 Å². The standard InChI is InChI=1S/C14H20ClNO/c1-2-10-6-3-4-7-11(10)14(17)13-12(15)8-5-9-16-13/h5,8-11,14,17H,2-4,6-7H2,1H3. The molecule has 3 atom stereocenters. The van der Waals surface area contributed by atoms with E-state index in [1.165, 1.54) is 19.3 Å². The Hall–Kier alpha value is -0.600. The summed E-state index contributed by atoms with van der Waals surface area (Å²) in [5.74, 6) is 0.929. The first-order valence-corrected chi connectivity index (χ1v) is 6.90. The minimum absolute atomic E-state index is 0.321. The Morgan fingerprint density at radius 1 is 1.47 bits per heavy atom. The molecule has 1 aliphatic carbocycles. The van der Waals surface area contributed by atoms with Gasteiger partial charge in [-0.3, -0.25) is 4.98 Å². The Kier molecular flexibility index (Phi) is 4.41. The molecule has 2 rings (SSSR count). The van der Waals surface area contributed by atoms with Crippen molar-refractivity contribution in [2.24, 2.45) is 11.8 Å². The zero-order chi connectivity index (χ0) is 12.3. The lowest BCUT2D eigenvalue weighted by Gasteiger charge is -2.34. The van der Waals surface area contributed by atoms with Gasteiger partial charge in [-0.25, -0.2) is 0 Å². The molecule has 0 radical (unpaired) electrons. The van der Waals surface area contributed by atoms with Gasteiger partial charge in [-0.1, -0.05) is 44.2 Å². The van der Waals surface area contributed by atoms with Gasteiger partial charge in [-0.15, -0.1) is 0 Å². The van der Waals surface area contributed by atoms with Crippen LogP contribution in [0.3, 0.4) is 0 Å². The Morgan fingerprint density at radius 2 is 2.24 bits per heavy atom. The number of pyridine rings is 1. The van der Waals surface area contributed by atoms with Crippen LogP contribution < -0.4 is 0 Å². The van der Waals surface area contributed by atoms with Crippen LogP contribution >= 0.6 is 11.6 Å². The second-order valence-electron chi connectivity index (χ2n) is 4.93. The summed E-state index contributed by atoms with van der Waals surface area (Å²) in [4.78, 5) is 4.24. The fourth-order valence-electron chi connectivity index (χ4n) is 2.98. The van der Waals surface area contributed by atoms with Crippen molar-refractivity contribution in [3.05, 3.63) is 29.0 Å². The Bertz CT molecular complexity index is 369. The number of hydrogen-bond acceptors (Lipinski definition) is 2. The number of aliphatic hydroxyl groups is 1. The number of halogens is 1. The molecule has 0 saturated heterocycles. The van der Waals surface area contributed by atoms with Gasteiger partial charge in [0.1, 0.15) is 6.10 Å². The fraction of sp³-hybridized carbons (Fsp3) is 0.643. The molecule has 1 fully saturated rings. The number of nitrogens with zero attached hydrogens (tertiary/aromatic N) is 1. The predicted octanol–water partition coefficient (Wildman–Crippen LogP) is 3.98. The number of aliphatic hydroxyl groups excluding tert-OH is 1. The summed E-state index contributed by atoms with van der Waals surface area (Å²) in [6, 6.07) is 3.60. The van der Waals surface area contributed by atoms with Gasteiger partial charge in [0.05, 0.1) is 10.7 Å². The molecule has 0 spiro atoms. The van der Waals surface area contributed by atoms with E-state index in [9.17, 15) is 5.11 Å². The molecule has 0 aromatic carbocycles. The van der Waals surface area contributed by atoms with Crippen molar-refractivity contribution in [2.75, 3.05) is 0 Å². The third-order valence-electron chi connectivity index (χ3n) is 3.96. The van der Waals surface area contributed by atoms with Gasteiger partial charge in [0.15, 0.2) is 0 Å². The summed E-state index contributed by atoms with van der Waals surface area (Å²) in [5, 5.41) is 11.1. The van der Waals surface area contributed by atoms with E-state index in [4.69, 9.17) is 11.6 Å². The molecule has 0 amide bonds. The van der Waals surface area contributed by atoms with Crippen molar-refractivity contribution < 1.29 is 5.11 Å². The van der Waals surface area contributed by atoms with Crippen molar-refractivity contribution in [2.45, 2.75) is 45.1 Å². The molecule has 2 nitrogen and oxygen atoms in total. The Morgan fingerprint density at radius 3 is 2.94 bits per heavy atom. The van der Waals surface area contributed by atoms with Crippen LogP contribution in [0, 0.1) is 11.8 Å². The maximum absolute atomic E-state index is 10.5. The number of rotatable bonds is 3. The SMILES string of the molecule is CCC1CCCCC1C(O)c1ncccc1Cl. The summed E-state index contributed by atoms with van der Waals surface area (Å²) in [7, 11) is 0. The van der Waals surface area contributed by atoms with E-state index in [1.807, 2.05) is 0 Å². The predicted molar refractivity (Wildman–Crippen MR) is 69.9 cm³/mol. The maximum atomic E-state index is 10.5. The summed E-state index contributed by atoms with van der Waals surface area (Å²) in [6.07, 6.45) is 7.14. The molecule has 0 bridgehead atoms. The van der Waals surface area contributed by atoms with E-state index in [1.54, 1.807) is 18.3 Å². The highest BCUT2D eigenvalue weighted by molar-refractivity contribution is 6.31. The molecule has 94 valence electrons. The van der Waals surface area contributed by atoms with E-state index < -0.39 is 6.10 Å². The van der Waals surface area contributed by atoms with Crippen LogP contribution in [0.4, 0.5) is 0 Å². The fourth-order valence-corrected chi connectivity index (χ4v) is 3.21. The van der Waals surface area contributed by atoms with Gasteiger partial charge in [0, 0.05) is 6.20 Å². The second-order valence-corrected chi connectivity index (χ2v) is 5.34. The molecule has 1 aromatic heterocycles. The van der Waals surface area contributed by atoms with Crippen LogP contribution in [0.2, 0.25) is 5.02 Å². The van der Waals surface area contributed by atoms with Crippen LogP contribution in [0.15, 0.2) is 18.3 Å². The minimum atomic E-state index is -0.506. The van der Waals surface area contributed by atoms with Crippen molar-refractivity contribution in [3.63, 3.8) is 0 Å². The molecule has 1 aromatic rings. The zero-order valence-electron chi connectivity index (χ0n) is 10.3. The monoisotopic (exact) mass is 253 g/mol. The lowest BCUT2D eigenvalue weighted by Crippen LogP contribution is -2.26. The molecule has 3 unspecified atom stereocenters. The Balaban J connectivity index is 2.18. The first-order chi connectivity index (χ1) is 8.24. The molecule has 0 aliphatic heterocycles. The van der Waals surface area contributed by atoms with Gasteiger partial charge in [0.2, 0.25) is 0 Å². The average molecular weight is 254 g/mol. The van der Waals surface area contributed by atoms with E-state index >= 15 is 0 Å². The molecule has 3 heteroatoms. The highest BCUT2D eigenvalue weighted by Gasteiger charge is 2.32. The highest BCUT2D eigenvalue weighted by atomic mass is 35.5. The van der Waals surface area contributed by atoms with Gasteiger partial charge in [-0.05, 0) is 30.4 Å². The first kappa shape index (κ1) is 12.8. The molecule has 17 heavy (non-hydrogen) atoms. The zero-order valence-corrected chi connectivity index (χ0v) is 11.0. The maximum Gasteiger partial charge on any atom is 0.101 e. The van der Waals surface area contributed by atoms with E-state index in [2.05, 4.69) is 11.9 Å². The normalized spacial score (nSPS) is 26.8. The largest absolute Gasteiger partial charge is 0.386 e. The van der Waals surface area contributed by atoms with Crippen LogP contribution in [-0.4, -0.2) is 10.1 Å². The van der Waals surface area contributed by atoms with E-state index in [-0.39, 0.29) is 0 Å². The highest BCUT2D eigenvalue weighted by Crippen LogP contribution is 2.40. The second kappa shape index (κ2) is 5.83. The average Bonchev–Trinajstić information content (AvgIpc) is 2.38. The lowest BCUT2D eigenvalue weighted by atomic mass is 9.74. The molecular weight excluding hydrogens is 234 g/mol. The molecular formula is C14H20ClNO. The third kappa shape index (κ3) is 2.80. The van der Waals surface area contributed by atoms with Gasteiger partial charge in [0.25, 0.3) is 0 Å². The van der Waals surface area contributed by atoms with Crippen LogP contribution in [-0.2, 0) is 0 Å². The number of hydrogen-bond donors (Lipinski definition) is 1. The van der Waals surface area contributed by atoms with Crippen molar-refractivity contribution >= 4 is 11.6 Å². The third-order valence-corrected chi connectivity index (χ3v) is 4.28. The molecule has 1 heterocycles. The summed E-state index contributed by atoms with van der Waals surface area (Å²) in [5.41, 5.74) is 0.652. The first-order valence-electron chi connectivity index (χ1n) is 6.52. The van der Waals surface area contributed by atoms with Crippen LogP contribution in [0.25, 0.3) is 0 Å².